The van der Waals surface area contributed by atoms with E-state index in [-0.39, 0.29) is 30.4 Å². The van der Waals surface area contributed by atoms with E-state index in [1.54, 1.807) is 23.2 Å². The lowest BCUT2D eigenvalue weighted by molar-refractivity contribution is -0.116. The molecule has 0 atom stereocenters. The molecule has 1 amide bonds. The van der Waals surface area contributed by atoms with Gasteiger partial charge in [-0.2, -0.15) is 5.26 Å². The second-order valence-corrected chi connectivity index (χ2v) is 6.48. The van der Waals surface area contributed by atoms with Crippen LogP contribution in [0, 0.1) is 17.1 Å². The fourth-order valence-corrected chi connectivity index (χ4v) is 3.21. The maximum absolute atomic E-state index is 13.2. The zero-order valence-electron chi connectivity index (χ0n) is 14.3. The minimum atomic E-state index is -0.383. The lowest BCUT2D eigenvalue weighted by Crippen LogP contribution is -2.33. The Balaban J connectivity index is 1.66. The Kier molecular flexibility index (Phi) is 6.22. The summed E-state index contributed by atoms with van der Waals surface area (Å²) in [7, 11) is 0. The van der Waals surface area contributed by atoms with Gasteiger partial charge >= 0.3 is 0 Å². The van der Waals surface area contributed by atoms with Crippen molar-refractivity contribution in [3.63, 3.8) is 0 Å². The Bertz CT molecular complexity index is 918. The standard InChI is InChI=1S/C18H16FN5O2S/c19-14-4-6-15(7-5-14)24(9-2-8-20)17(25)12-27-18-22-21-13-23(18)11-16-3-1-10-26-16/h1,3-7,10,13H,2,9,11-12H2. The third kappa shape index (κ3) is 4.95. The summed E-state index contributed by atoms with van der Waals surface area (Å²) < 4.78 is 20.3. The molecule has 0 fully saturated rings. The number of carbonyl (C=O) groups excluding carboxylic acids is 1. The molecule has 0 radical (unpaired) electrons. The summed E-state index contributed by atoms with van der Waals surface area (Å²) in [5, 5.41) is 17.3. The predicted molar refractivity (Wildman–Crippen MR) is 97.5 cm³/mol. The highest BCUT2D eigenvalue weighted by molar-refractivity contribution is 7.99. The van der Waals surface area contributed by atoms with Gasteiger partial charge < -0.3 is 13.9 Å². The third-order valence-corrected chi connectivity index (χ3v) is 4.66. The Labute approximate surface area is 159 Å². The molecular weight excluding hydrogens is 369 g/mol. The van der Waals surface area contributed by atoms with Gasteiger partial charge in [0, 0.05) is 12.2 Å². The number of amides is 1. The van der Waals surface area contributed by atoms with Gasteiger partial charge in [0.05, 0.1) is 31.1 Å². The SMILES string of the molecule is N#CCCN(C(=O)CSc1nncn1Cc1ccco1)c1ccc(F)cc1. The van der Waals surface area contributed by atoms with Crippen LogP contribution < -0.4 is 4.90 Å². The molecule has 0 aliphatic heterocycles. The highest BCUT2D eigenvalue weighted by Gasteiger charge is 2.17. The predicted octanol–water partition coefficient (Wildman–Crippen LogP) is 3.10. The Morgan fingerprint density at radius 2 is 2.15 bits per heavy atom. The molecule has 0 bridgehead atoms. The molecule has 9 heteroatoms. The monoisotopic (exact) mass is 385 g/mol. The smallest absolute Gasteiger partial charge is 0.237 e. The molecule has 2 heterocycles. The number of nitrogens with zero attached hydrogens (tertiary/aromatic N) is 5. The number of nitriles is 1. The molecule has 7 nitrogen and oxygen atoms in total. The molecule has 27 heavy (non-hydrogen) atoms. The summed E-state index contributed by atoms with van der Waals surface area (Å²) in [6, 6.07) is 11.3. The minimum Gasteiger partial charge on any atom is -0.467 e. The second-order valence-electron chi connectivity index (χ2n) is 5.54. The maximum atomic E-state index is 13.2. The van der Waals surface area contributed by atoms with Crippen LogP contribution in [-0.4, -0.2) is 33.0 Å². The summed E-state index contributed by atoms with van der Waals surface area (Å²) in [5.74, 6) is 0.283. The molecule has 0 spiro atoms. The van der Waals surface area contributed by atoms with Crippen LogP contribution in [0.1, 0.15) is 12.2 Å². The minimum absolute atomic E-state index is 0.111. The quantitative estimate of drug-likeness (QED) is 0.554. The van der Waals surface area contributed by atoms with Crippen molar-refractivity contribution >= 4 is 23.4 Å². The molecule has 3 aromatic rings. The van der Waals surface area contributed by atoms with Crippen LogP contribution in [0.25, 0.3) is 0 Å². The second kappa shape index (κ2) is 9.00. The van der Waals surface area contributed by atoms with E-state index in [0.717, 1.165) is 5.76 Å². The van der Waals surface area contributed by atoms with Crippen molar-refractivity contribution in [1.82, 2.24) is 14.8 Å². The number of aromatic nitrogens is 3. The zero-order chi connectivity index (χ0) is 19.1. The average molecular weight is 385 g/mol. The lowest BCUT2D eigenvalue weighted by Gasteiger charge is -2.21. The first-order valence-corrected chi connectivity index (χ1v) is 9.12. The van der Waals surface area contributed by atoms with E-state index in [1.165, 1.54) is 40.9 Å². The Morgan fingerprint density at radius 1 is 1.33 bits per heavy atom. The number of carbonyl (C=O) groups is 1. The summed E-state index contributed by atoms with van der Waals surface area (Å²) >= 11 is 1.24. The number of rotatable bonds is 8. The van der Waals surface area contributed by atoms with Gasteiger partial charge in [0.2, 0.25) is 5.91 Å². The molecule has 3 rings (SSSR count). The first-order chi connectivity index (χ1) is 13.2. The van der Waals surface area contributed by atoms with Gasteiger partial charge in [-0.15, -0.1) is 10.2 Å². The third-order valence-electron chi connectivity index (χ3n) is 3.70. The fraction of sp³-hybridized carbons (Fsp3) is 0.222. The van der Waals surface area contributed by atoms with Crippen LogP contribution in [-0.2, 0) is 11.3 Å². The van der Waals surface area contributed by atoms with E-state index in [9.17, 15) is 9.18 Å². The van der Waals surface area contributed by atoms with Gasteiger partial charge in [-0.3, -0.25) is 4.79 Å². The number of hydrogen-bond acceptors (Lipinski definition) is 6. The van der Waals surface area contributed by atoms with E-state index >= 15 is 0 Å². The van der Waals surface area contributed by atoms with E-state index in [0.29, 0.717) is 17.4 Å². The number of furan rings is 1. The lowest BCUT2D eigenvalue weighted by atomic mass is 10.2. The van der Waals surface area contributed by atoms with Crippen molar-refractivity contribution in [2.75, 3.05) is 17.2 Å². The van der Waals surface area contributed by atoms with Crippen molar-refractivity contribution in [2.45, 2.75) is 18.1 Å². The molecule has 0 N–H and O–H groups in total. The van der Waals surface area contributed by atoms with Gasteiger partial charge in [-0.25, -0.2) is 4.39 Å². The number of thioether (sulfide) groups is 1. The van der Waals surface area contributed by atoms with Crippen molar-refractivity contribution in [2.24, 2.45) is 0 Å². The van der Waals surface area contributed by atoms with Crippen molar-refractivity contribution in [3.8, 4) is 6.07 Å². The number of hydrogen-bond donors (Lipinski definition) is 0. The van der Waals surface area contributed by atoms with Crippen LogP contribution in [0.4, 0.5) is 10.1 Å². The van der Waals surface area contributed by atoms with Gasteiger partial charge in [0.25, 0.3) is 0 Å². The Hall–Kier alpha value is -3.12. The largest absolute Gasteiger partial charge is 0.467 e. The van der Waals surface area contributed by atoms with Crippen LogP contribution in [0.5, 0.6) is 0 Å². The fourth-order valence-electron chi connectivity index (χ4n) is 2.42. The molecule has 0 aliphatic rings. The highest BCUT2D eigenvalue weighted by Crippen LogP contribution is 2.20. The normalized spacial score (nSPS) is 10.5. The van der Waals surface area contributed by atoms with Crippen LogP contribution in [0.3, 0.4) is 0 Å². The molecule has 1 aromatic carbocycles. The maximum Gasteiger partial charge on any atom is 0.237 e. The molecule has 0 saturated carbocycles. The van der Waals surface area contributed by atoms with Crippen LogP contribution >= 0.6 is 11.8 Å². The topological polar surface area (TPSA) is 88.0 Å². The molecule has 2 aromatic heterocycles. The summed E-state index contributed by atoms with van der Waals surface area (Å²) in [4.78, 5) is 14.2. The summed E-state index contributed by atoms with van der Waals surface area (Å²) in [6.07, 6.45) is 3.34. The van der Waals surface area contributed by atoms with E-state index < -0.39 is 0 Å². The van der Waals surface area contributed by atoms with Crippen molar-refractivity contribution in [3.05, 3.63) is 60.6 Å². The average Bonchev–Trinajstić information content (AvgIpc) is 3.34. The first kappa shape index (κ1) is 18.7. The van der Waals surface area contributed by atoms with Gasteiger partial charge in [-0.05, 0) is 36.4 Å². The van der Waals surface area contributed by atoms with Crippen molar-refractivity contribution in [1.29, 1.82) is 5.26 Å². The van der Waals surface area contributed by atoms with E-state index in [4.69, 9.17) is 9.68 Å². The molecule has 0 aliphatic carbocycles. The van der Waals surface area contributed by atoms with Crippen LogP contribution in [0.15, 0.2) is 58.6 Å². The van der Waals surface area contributed by atoms with Gasteiger partial charge in [0.1, 0.15) is 17.9 Å². The zero-order valence-corrected chi connectivity index (χ0v) is 15.1. The molecule has 0 unspecified atom stereocenters. The van der Waals surface area contributed by atoms with Crippen LogP contribution in [0.2, 0.25) is 0 Å². The van der Waals surface area contributed by atoms with Gasteiger partial charge in [0.15, 0.2) is 5.16 Å². The Morgan fingerprint density at radius 3 is 2.85 bits per heavy atom. The number of halogens is 1. The number of benzene rings is 1. The van der Waals surface area contributed by atoms with Crippen molar-refractivity contribution < 1.29 is 13.6 Å². The molecule has 138 valence electrons. The molecular formula is C18H16FN5O2S. The first-order valence-electron chi connectivity index (χ1n) is 8.13. The molecule has 0 saturated heterocycles. The van der Waals surface area contributed by atoms with E-state index in [1.807, 2.05) is 12.1 Å². The van der Waals surface area contributed by atoms with E-state index in [2.05, 4.69) is 10.2 Å². The number of anilines is 1. The summed E-state index contributed by atoms with van der Waals surface area (Å²) in [6.45, 7) is 0.702. The van der Waals surface area contributed by atoms with Gasteiger partial charge in [-0.1, -0.05) is 11.8 Å². The summed E-state index contributed by atoms with van der Waals surface area (Å²) in [5.41, 5.74) is 0.550. The highest BCUT2D eigenvalue weighted by atomic mass is 32.2.